The first-order valence-corrected chi connectivity index (χ1v) is 9.39. The van der Waals surface area contributed by atoms with E-state index in [4.69, 9.17) is 4.98 Å². The Labute approximate surface area is 159 Å². The normalized spacial score (nSPS) is 20.0. The maximum Gasteiger partial charge on any atom is 0.262 e. The summed E-state index contributed by atoms with van der Waals surface area (Å²) >= 11 is 0. The second kappa shape index (κ2) is 6.82. The summed E-state index contributed by atoms with van der Waals surface area (Å²) in [6.07, 6.45) is 0. The van der Waals surface area contributed by atoms with Gasteiger partial charge in [0, 0.05) is 32.1 Å². The molecule has 1 fully saturated rings. The van der Waals surface area contributed by atoms with Gasteiger partial charge in [0.15, 0.2) is 0 Å². The average molecular weight is 362 g/mol. The molecule has 0 aliphatic carbocycles. The highest BCUT2D eigenvalue weighted by molar-refractivity contribution is 5.78. The second-order valence-corrected chi connectivity index (χ2v) is 7.75. The van der Waals surface area contributed by atoms with E-state index in [1.165, 1.54) is 11.1 Å². The van der Waals surface area contributed by atoms with E-state index in [1.54, 1.807) is 4.57 Å². The molecule has 1 saturated heterocycles. The SMILES string of the molecule is Cc1ccc([C@H]2CN(c3nc4ccccc4c(=O)n3C)C[C@@H]2N(C)C)cc1. The number of rotatable bonds is 3. The smallest absolute Gasteiger partial charge is 0.262 e. The molecular formula is C22H26N4O. The van der Waals surface area contributed by atoms with Crippen LogP contribution in [-0.2, 0) is 7.05 Å². The van der Waals surface area contributed by atoms with Crippen LogP contribution in [0.2, 0.25) is 0 Å². The molecule has 1 aliphatic rings. The number of hydrogen-bond donors (Lipinski definition) is 0. The van der Waals surface area contributed by atoms with Crippen molar-refractivity contribution in [3.63, 3.8) is 0 Å². The molecule has 1 aromatic heterocycles. The maximum atomic E-state index is 12.8. The van der Waals surface area contributed by atoms with E-state index in [2.05, 4.69) is 55.1 Å². The fourth-order valence-electron chi connectivity index (χ4n) is 4.10. The van der Waals surface area contributed by atoms with E-state index in [9.17, 15) is 4.79 Å². The largest absolute Gasteiger partial charge is 0.340 e. The van der Waals surface area contributed by atoms with Gasteiger partial charge in [-0.05, 0) is 38.7 Å². The van der Waals surface area contributed by atoms with Gasteiger partial charge in [0.2, 0.25) is 5.95 Å². The fourth-order valence-corrected chi connectivity index (χ4v) is 4.10. The van der Waals surface area contributed by atoms with E-state index in [-0.39, 0.29) is 5.56 Å². The average Bonchev–Trinajstić information content (AvgIpc) is 3.11. The highest BCUT2D eigenvalue weighted by Gasteiger charge is 2.36. The number of benzene rings is 2. The first-order chi connectivity index (χ1) is 13.0. The molecule has 27 heavy (non-hydrogen) atoms. The van der Waals surface area contributed by atoms with Gasteiger partial charge in [0.1, 0.15) is 0 Å². The third-order valence-corrected chi connectivity index (χ3v) is 5.70. The van der Waals surface area contributed by atoms with Crippen LogP contribution in [0.15, 0.2) is 53.3 Å². The molecule has 0 unspecified atom stereocenters. The quantitative estimate of drug-likeness (QED) is 0.718. The number of aryl methyl sites for hydroxylation is 1. The van der Waals surface area contributed by atoms with Gasteiger partial charge in [-0.15, -0.1) is 0 Å². The molecule has 0 N–H and O–H groups in total. The lowest BCUT2D eigenvalue weighted by atomic mass is 9.93. The first-order valence-electron chi connectivity index (χ1n) is 9.39. The number of likely N-dealkylation sites (N-methyl/N-ethyl adjacent to an activating group) is 1. The van der Waals surface area contributed by atoms with E-state index in [0.29, 0.717) is 17.3 Å². The van der Waals surface area contributed by atoms with Gasteiger partial charge in [-0.25, -0.2) is 4.98 Å². The van der Waals surface area contributed by atoms with Crippen molar-refractivity contribution in [3.8, 4) is 0 Å². The van der Waals surface area contributed by atoms with Crippen molar-refractivity contribution in [3.05, 3.63) is 70.0 Å². The van der Waals surface area contributed by atoms with Crippen molar-refractivity contribution in [2.24, 2.45) is 7.05 Å². The molecule has 2 heterocycles. The van der Waals surface area contributed by atoms with Crippen LogP contribution in [0.5, 0.6) is 0 Å². The minimum Gasteiger partial charge on any atom is -0.340 e. The third kappa shape index (κ3) is 3.12. The minimum atomic E-state index is 0.00999. The topological polar surface area (TPSA) is 41.4 Å². The van der Waals surface area contributed by atoms with Gasteiger partial charge in [-0.3, -0.25) is 9.36 Å². The summed E-state index contributed by atoms with van der Waals surface area (Å²) in [7, 11) is 6.07. The Hall–Kier alpha value is -2.66. The van der Waals surface area contributed by atoms with Crippen LogP contribution in [-0.4, -0.2) is 47.7 Å². The Morgan fingerprint density at radius 3 is 2.44 bits per heavy atom. The summed E-state index contributed by atoms with van der Waals surface area (Å²) in [4.78, 5) is 22.2. The lowest BCUT2D eigenvalue weighted by molar-refractivity contribution is 0.292. The monoisotopic (exact) mass is 362 g/mol. The van der Waals surface area contributed by atoms with Crippen LogP contribution in [0.3, 0.4) is 0 Å². The Balaban J connectivity index is 1.75. The van der Waals surface area contributed by atoms with Crippen molar-refractivity contribution in [2.45, 2.75) is 18.9 Å². The zero-order valence-electron chi connectivity index (χ0n) is 16.4. The Bertz CT molecular complexity index is 1020. The van der Waals surface area contributed by atoms with E-state index >= 15 is 0 Å². The van der Waals surface area contributed by atoms with Crippen molar-refractivity contribution in [2.75, 3.05) is 32.1 Å². The van der Waals surface area contributed by atoms with Gasteiger partial charge in [0.05, 0.1) is 10.9 Å². The van der Waals surface area contributed by atoms with Crippen LogP contribution in [0, 0.1) is 6.92 Å². The highest BCUT2D eigenvalue weighted by Crippen LogP contribution is 2.32. The molecule has 5 nitrogen and oxygen atoms in total. The summed E-state index contributed by atoms with van der Waals surface area (Å²) < 4.78 is 1.69. The van der Waals surface area contributed by atoms with E-state index in [0.717, 1.165) is 24.6 Å². The van der Waals surface area contributed by atoms with E-state index < -0.39 is 0 Å². The molecule has 0 spiro atoms. The van der Waals surface area contributed by atoms with Crippen LogP contribution >= 0.6 is 0 Å². The predicted octanol–water partition coefficient (Wildman–Crippen LogP) is 2.78. The Morgan fingerprint density at radius 2 is 1.74 bits per heavy atom. The summed E-state index contributed by atoms with van der Waals surface area (Å²) in [6.45, 7) is 3.82. The fraction of sp³-hybridized carbons (Fsp3) is 0.364. The molecule has 2 atom stereocenters. The number of hydrogen-bond acceptors (Lipinski definition) is 4. The number of nitrogens with zero attached hydrogens (tertiary/aromatic N) is 4. The van der Waals surface area contributed by atoms with Crippen LogP contribution < -0.4 is 10.5 Å². The van der Waals surface area contributed by atoms with Crippen molar-refractivity contribution in [1.82, 2.24) is 14.5 Å². The number of anilines is 1. The van der Waals surface area contributed by atoms with Crippen molar-refractivity contribution >= 4 is 16.9 Å². The van der Waals surface area contributed by atoms with Crippen LogP contribution in [0.1, 0.15) is 17.0 Å². The Morgan fingerprint density at radius 1 is 1.04 bits per heavy atom. The predicted molar refractivity (Wildman–Crippen MR) is 111 cm³/mol. The molecule has 140 valence electrons. The van der Waals surface area contributed by atoms with Gasteiger partial charge < -0.3 is 9.80 Å². The summed E-state index contributed by atoms with van der Waals surface area (Å²) in [6, 6.07) is 16.8. The molecule has 0 bridgehead atoms. The number of fused-ring (bicyclic) bond motifs is 1. The van der Waals surface area contributed by atoms with Gasteiger partial charge in [0.25, 0.3) is 5.56 Å². The molecule has 5 heteroatoms. The highest BCUT2D eigenvalue weighted by atomic mass is 16.1. The molecule has 3 aromatic rings. The lowest BCUT2D eigenvalue weighted by Crippen LogP contribution is -2.35. The molecule has 1 aliphatic heterocycles. The second-order valence-electron chi connectivity index (χ2n) is 7.75. The molecule has 0 saturated carbocycles. The zero-order valence-corrected chi connectivity index (χ0v) is 16.4. The summed E-state index contributed by atoms with van der Waals surface area (Å²) in [5.74, 6) is 1.13. The third-order valence-electron chi connectivity index (χ3n) is 5.70. The first kappa shape index (κ1) is 17.7. The van der Waals surface area contributed by atoms with Gasteiger partial charge >= 0.3 is 0 Å². The number of para-hydroxylation sites is 1. The standard InChI is InChI=1S/C22H26N4O/c1-15-9-11-16(12-10-15)18-13-26(14-20(18)24(2)3)22-23-19-8-6-5-7-17(19)21(27)25(22)4/h5-12,18,20H,13-14H2,1-4H3/t18-,20+/m1/s1. The van der Waals surface area contributed by atoms with Crippen molar-refractivity contribution in [1.29, 1.82) is 0 Å². The summed E-state index contributed by atoms with van der Waals surface area (Å²) in [5, 5.41) is 0.669. The van der Waals surface area contributed by atoms with E-state index in [1.807, 2.05) is 31.3 Å². The molecule has 4 rings (SSSR count). The van der Waals surface area contributed by atoms with Crippen LogP contribution in [0.25, 0.3) is 10.9 Å². The molecular weight excluding hydrogens is 336 g/mol. The Kier molecular flexibility index (Phi) is 4.48. The van der Waals surface area contributed by atoms with Gasteiger partial charge in [-0.1, -0.05) is 42.0 Å². The van der Waals surface area contributed by atoms with Crippen LogP contribution in [0.4, 0.5) is 5.95 Å². The zero-order chi connectivity index (χ0) is 19.1. The molecule has 2 aromatic carbocycles. The maximum absolute atomic E-state index is 12.8. The van der Waals surface area contributed by atoms with Crippen molar-refractivity contribution < 1.29 is 0 Å². The number of aromatic nitrogens is 2. The molecule has 0 amide bonds. The molecule has 0 radical (unpaired) electrons. The summed E-state index contributed by atoms with van der Waals surface area (Å²) in [5.41, 5.74) is 3.38. The van der Waals surface area contributed by atoms with Gasteiger partial charge in [-0.2, -0.15) is 0 Å². The lowest BCUT2D eigenvalue weighted by Gasteiger charge is -2.25. The minimum absolute atomic E-state index is 0.00999.